The van der Waals surface area contributed by atoms with E-state index in [1.54, 1.807) is 0 Å². The lowest BCUT2D eigenvalue weighted by atomic mass is 9.81. The van der Waals surface area contributed by atoms with Crippen LogP contribution in [0.3, 0.4) is 0 Å². The Morgan fingerprint density at radius 2 is 1.43 bits per heavy atom. The van der Waals surface area contributed by atoms with Gasteiger partial charge in [0.1, 0.15) is 0 Å². The fourth-order valence-corrected chi connectivity index (χ4v) is 10.6. The highest BCUT2D eigenvalue weighted by Gasteiger charge is 2.42. The Balaban J connectivity index is 1.18. The number of carbonyl (C=O) groups is 4. The van der Waals surface area contributed by atoms with Gasteiger partial charge in [-0.15, -0.1) is 0 Å². The van der Waals surface area contributed by atoms with E-state index >= 15 is 0 Å². The number of nitrogens with zero attached hydrogens (tertiary/aromatic N) is 5. The molecule has 0 spiro atoms. The number of hydrogen-bond donors (Lipinski definition) is 7. The summed E-state index contributed by atoms with van der Waals surface area (Å²) in [6, 6.07) is 0.446. The van der Waals surface area contributed by atoms with Gasteiger partial charge >= 0.3 is 18.0 Å². The van der Waals surface area contributed by atoms with Gasteiger partial charge in [-0.3, -0.25) is 44.5 Å². The normalized spacial score (nSPS) is 27.1. The Labute approximate surface area is 348 Å². The third-order valence-corrected chi connectivity index (χ3v) is 13.8. The van der Waals surface area contributed by atoms with Crippen molar-refractivity contribution >= 4 is 35.6 Å². The number of nitrogens with one attached hydrogen (secondary N) is 3. The van der Waals surface area contributed by atoms with Crippen molar-refractivity contribution in [1.29, 1.82) is 0 Å². The van der Waals surface area contributed by atoms with Gasteiger partial charge in [0.15, 0.2) is 0 Å². The van der Waals surface area contributed by atoms with Crippen molar-refractivity contribution in [3.8, 4) is 0 Å². The number of hydrogen-bond acceptors (Lipinski definition) is 14. The topological polar surface area (TPSA) is 220 Å². The maximum atomic E-state index is 12.9. The zero-order valence-electron chi connectivity index (χ0n) is 34.6. The van der Waals surface area contributed by atoms with Crippen molar-refractivity contribution in [2.75, 3.05) is 111 Å². The molecular weight excluding hydrogens is 773 g/mol. The number of carboxylic acid groups (broad SMARTS) is 2. The number of urea groups is 1. The molecule has 0 bridgehead atoms. The van der Waals surface area contributed by atoms with Crippen LogP contribution in [0.5, 0.6) is 0 Å². The fourth-order valence-electron chi connectivity index (χ4n) is 9.03. The standard InChI is InChI=1S/C39H72N8O10S/c1-43(14-6-4-7-34-38-33(29-58-34)41-39(53)42-38)13-5-2-3-8-35(48)40-31-11-9-30(10-12-31)25-32-26-46(27-36(49)50)18-17-44(21-23-56-54)15-16-45(22-24-57-55)19-20-47(32)28-37(51)52/h30-34,38,54-55H,2-29H2,1H3,(H,40,48)(H,49,50)(H,51,52)(H2,41,42,53). The lowest BCUT2D eigenvalue weighted by Crippen LogP contribution is -2.53. The molecule has 4 rings (SSSR count). The Morgan fingerprint density at radius 1 is 0.810 bits per heavy atom. The van der Waals surface area contributed by atoms with Gasteiger partial charge in [0.2, 0.25) is 5.91 Å². The fraction of sp³-hybridized carbons (Fsp3) is 0.897. The van der Waals surface area contributed by atoms with Crippen LogP contribution in [0.4, 0.5) is 4.79 Å². The molecule has 334 valence electrons. The summed E-state index contributed by atoms with van der Waals surface area (Å²) in [5.74, 6) is -0.476. The third kappa shape index (κ3) is 18.1. The minimum atomic E-state index is -0.945. The average molecular weight is 845 g/mol. The van der Waals surface area contributed by atoms with Crippen molar-refractivity contribution in [2.24, 2.45) is 5.92 Å². The second kappa shape index (κ2) is 26.8. The second-order valence-corrected chi connectivity index (χ2v) is 18.0. The third-order valence-electron chi connectivity index (χ3n) is 12.3. The Kier molecular flexibility index (Phi) is 22.3. The first-order valence-electron chi connectivity index (χ1n) is 21.6. The quantitative estimate of drug-likeness (QED) is 0.0318. The SMILES string of the molecule is CN(CCCCCC(=O)NC1CCC(CC2CN(CC(=O)O)CCN(CCOO)CCN(CCOO)CCN2CC(=O)O)CC1)CCCCC1SCC2NC(=O)NC21. The molecule has 3 amide bonds. The Bertz CT molecular complexity index is 1240. The van der Waals surface area contributed by atoms with E-state index in [9.17, 15) is 29.4 Å². The number of amides is 3. The van der Waals surface area contributed by atoms with E-state index in [2.05, 4.69) is 47.5 Å². The summed E-state index contributed by atoms with van der Waals surface area (Å²) >= 11 is 1.97. The van der Waals surface area contributed by atoms with E-state index < -0.39 is 11.9 Å². The predicted molar refractivity (Wildman–Crippen MR) is 221 cm³/mol. The zero-order valence-corrected chi connectivity index (χ0v) is 35.5. The van der Waals surface area contributed by atoms with E-state index in [4.69, 9.17) is 10.5 Å². The van der Waals surface area contributed by atoms with Crippen LogP contribution < -0.4 is 16.0 Å². The molecule has 3 saturated heterocycles. The Morgan fingerprint density at radius 3 is 2.07 bits per heavy atom. The van der Waals surface area contributed by atoms with Crippen LogP contribution in [0.25, 0.3) is 0 Å². The first-order valence-corrected chi connectivity index (χ1v) is 22.6. The van der Waals surface area contributed by atoms with Crippen LogP contribution >= 0.6 is 11.8 Å². The van der Waals surface area contributed by atoms with Crippen molar-refractivity contribution in [1.82, 2.24) is 40.4 Å². The maximum absolute atomic E-state index is 12.9. The molecule has 4 unspecified atom stereocenters. The van der Waals surface area contributed by atoms with Gasteiger partial charge in [-0.2, -0.15) is 11.8 Å². The van der Waals surface area contributed by atoms with Gasteiger partial charge in [-0.05, 0) is 83.8 Å². The van der Waals surface area contributed by atoms with E-state index in [0.717, 1.165) is 89.5 Å². The molecule has 0 aromatic carbocycles. The predicted octanol–water partition coefficient (Wildman–Crippen LogP) is 1.62. The molecule has 4 atom stereocenters. The molecule has 4 fully saturated rings. The summed E-state index contributed by atoms with van der Waals surface area (Å²) in [5.41, 5.74) is 0. The van der Waals surface area contributed by atoms with Gasteiger partial charge < -0.3 is 31.1 Å². The van der Waals surface area contributed by atoms with Crippen LogP contribution in [0.1, 0.15) is 77.0 Å². The molecule has 0 aromatic rings. The number of fused-ring (bicyclic) bond motifs is 1. The molecule has 19 heteroatoms. The first kappa shape index (κ1) is 48.3. The number of rotatable bonds is 24. The lowest BCUT2D eigenvalue weighted by Gasteiger charge is -2.40. The minimum Gasteiger partial charge on any atom is -0.480 e. The van der Waals surface area contributed by atoms with Gasteiger partial charge in [-0.1, -0.05) is 12.8 Å². The van der Waals surface area contributed by atoms with E-state index in [1.165, 1.54) is 0 Å². The minimum absolute atomic E-state index is 0.0279. The molecule has 18 nitrogen and oxygen atoms in total. The molecule has 0 aromatic heterocycles. The summed E-state index contributed by atoms with van der Waals surface area (Å²) in [5, 5.41) is 47.6. The van der Waals surface area contributed by atoms with Gasteiger partial charge in [-0.25, -0.2) is 14.6 Å². The molecule has 1 saturated carbocycles. The molecular formula is C39H72N8O10S. The van der Waals surface area contributed by atoms with Gasteiger partial charge in [0, 0.05) is 88.4 Å². The van der Waals surface area contributed by atoms with Crippen molar-refractivity contribution < 1.29 is 49.7 Å². The lowest BCUT2D eigenvalue weighted by molar-refractivity contribution is -0.245. The van der Waals surface area contributed by atoms with E-state index in [0.29, 0.717) is 76.5 Å². The highest BCUT2D eigenvalue weighted by Crippen LogP contribution is 2.33. The highest BCUT2D eigenvalue weighted by atomic mass is 32.2. The Hall–Kier alpha value is -2.33. The molecule has 4 aliphatic rings. The molecule has 0 radical (unpaired) electrons. The second-order valence-electron chi connectivity index (χ2n) is 16.7. The molecule has 1 aliphatic carbocycles. The molecule has 3 heterocycles. The summed E-state index contributed by atoms with van der Waals surface area (Å²) in [4.78, 5) is 67.7. The van der Waals surface area contributed by atoms with Crippen molar-refractivity contribution in [3.63, 3.8) is 0 Å². The largest absolute Gasteiger partial charge is 0.480 e. The first-order chi connectivity index (χ1) is 28.0. The van der Waals surface area contributed by atoms with Crippen LogP contribution in [0.15, 0.2) is 0 Å². The summed E-state index contributed by atoms with van der Waals surface area (Å²) in [6.45, 7) is 6.46. The number of unbranched alkanes of at least 4 members (excludes halogenated alkanes) is 3. The molecule has 7 N–H and O–H groups in total. The van der Waals surface area contributed by atoms with Crippen molar-refractivity contribution in [3.05, 3.63) is 0 Å². The van der Waals surface area contributed by atoms with Crippen molar-refractivity contribution in [2.45, 2.75) is 106 Å². The number of thioether (sulfide) groups is 1. The van der Waals surface area contributed by atoms with Crippen LogP contribution in [0, 0.1) is 5.92 Å². The highest BCUT2D eigenvalue weighted by molar-refractivity contribution is 8.00. The van der Waals surface area contributed by atoms with Crippen LogP contribution in [0.2, 0.25) is 0 Å². The summed E-state index contributed by atoms with van der Waals surface area (Å²) in [7, 11) is 2.16. The summed E-state index contributed by atoms with van der Waals surface area (Å²) < 4.78 is 0. The van der Waals surface area contributed by atoms with E-state index in [1.807, 2.05) is 21.6 Å². The number of carbonyl (C=O) groups excluding carboxylic acids is 2. The summed E-state index contributed by atoms with van der Waals surface area (Å²) in [6.07, 6.45) is 11.1. The van der Waals surface area contributed by atoms with Gasteiger partial charge in [0.25, 0.3) is 0 Å². The van der Waals surface area contributed by atoms with Gasteiger partial charge in [0.05, 0.1) is 38.4 Å². The monoisotopic (exact) mass is 845 g/mol. The maximum Gasteiger partial charge on any atom is 0.317 e. The van der Waals surface area contributed by atoms with Crippen LogP contribution in [-0.2, 0) is 24.2 Å². The van der Waals surface area contributed by atoms with E-state index in [-0.39, 0.29) is 62.4 Å². The smallest absolute Gasteiger partial charge is 0.317 e. The number of aliphatic carboxylic acids is 2. The molecule has 3 aliphatic heterocycles. The zero-order chi connectivity index (χ0) is 41.7. The van der Waals surface area contributed by atoms with Crippen LogP contribution in [-0.4, -0.2) is 210 Å². The molecule has 58 heavy (non-hydrogen) atoms. The average Bonchev–Trinajstić information content (AvgIpc) is 3.74. The number of carboxylic acids is 2.